The first-order valence-electron chi connectivity index (χ1n) is 7.05. The van der Waals surface area contributed by atoms with Gasteiger partial charge in [-0.25, -0.2) is 4.90 Å². The second-order valence-corrected chi connectivity index (χ2v) is 5.37. The number of amides is 2. The minimum Gasteiger partial charge on any atom is -0.351 e. The molecule has 0 saturated heterocycles. The number of hydrogen-bond acceptors (Lipinski definition) is 3. The predicted molar refractivity (Wildman–Crippen MR) is 86.6 cm³/mol. The number of carbonyl (C=O) groups is 2. The molecule has 4 heteroatoms. The molecule has 0 saturated carbocycles. The highest BCUT2D eigenvalue weighted by Crippen LogP contribution is 2.24. The van der Waals surface area contributed by atoms with E-state index in [0.29, 0.717) is 5.69 Å². The van der Waals surface area contributed by atoms with Crippen molar-refractivity contribution in [3.8, 4) is 0 Å². The highest BCUT2D eigenvalue weighted by atomic mass is 16.2. The molecule has 0 aromatic heterocycles. The van der Waals surface area contributed by atoms with Crippen LogP contribution in [-0.4, -0.2) is 11.8 Å². The molecule has 0 aliphatic carbocycles. The van der Waals surface area contributed by atoms with Crippen LogP contribution in [0.3, 0.4) is 0 Å². The van der Waals surface area contributed by atoms with Crippen LogP contribution in [0.1, 0.15) is 11.1 Å². The molecule has 3 rings (SSSR count). The van der Waals surface area contributed by atoms with Gasteiger partial charge in [-0.2, -0.15) is 0 Å². The minimum atomic E-state index is -0.336. The Kier molecular flexibility index (Phi) is 3.51. The van der Waals surface area contributed by atoms with Crippen LogP contribution in [0.4, 0.5) is 11.4 Å². The Balaban J connectivity index is 1.86. The van der Waals surface area contributed by atoms with Crippen LogP contribution in [0, 0.1) is 13.8 Å². The first kappa shape index (κ1) is 14.1. The second kappa shape index (κ2) is 5.48. The standard InChI is InChI=1S/C18H16N2O2/c1-12-5-3-7-14(9-12)19-16-11-17(21)20(18(16)22)15-8-4-6-13(2)10-15/h3-11,19H,1-2H3. The zero-order chi connectivity index (χ0) is 15.7. The Morgan fingerprint density at radius 2 is 1.59 bits per heavy atom. The largest absolute Gasteiger partial charge is 0.351 e. The van der Waals surface area contributed by atoms with Crippen molar-refractivity contribution in [1.29, 1.82) is 0 Å². The highest BCUT2D eigenvalue weighted by molar-refractivity contribution is 6.31. The molecule has 1 N–H and O–H groups in total. The van der Waals surface area contributed by atoms with E-state index in [2.05, 4.69) is 5.32 Å². The minimum absolute atomic E-state index is 0.289. The van der Waals surface area contributed by atoms with Gasteiger partial charge in [0.05, 0.1) is 5.69 Å². The predicted octanol–water partition coefficient (Wildman–Crippen LogP) is 3.17. The lowest BCUT2D eigenvalue weighted by Gasteiger charge is -2.15. The number of imide groups is 1. The summed E-state index contributed by atoms with van der Waals surface area (Å²) in [6.07, 6.45) is 1.34. The molecule has 22 heavy (non-hydrogen) atoms. The molecule has 2 aromatic rings. The summed E-state index contributed by atoms with van der Waals surface area (Å²) in [5.41, 5.74) is 3.75. The molecule has 0 radical (unpaired) electrons. The van der Waals surface area contributed by atoms with E-state index in [4.69, 9.17) is 0 Å². The second-order valence-electron chi connectivity index (χ2n) is 5.37. The molecule has 0 atom stereocenters. The van der Waals surface area contributed by atoms with Crippen molar-refractivity contribution in [3.05, 3.63) is 71.4 Å². The molecule has 1 aliphatic heterocycles. The van der Waals surface area contributed by atoms with Gasteiger partial charge in [-0.15, -0.1) is 0 Å². The van der Waals surface area contributed by atoms with Crippen molar-refractivity contribution in [2.45, 2.75) is 13.8 Å². The summed E-state index contributed by atoms with van der Waals surface area (Å²) in [5.74, 6) is -0.664. The summed E-state index contributed by atoms with van der Waals surface area (Å²) in [6.45, 7) is 3.90. The molecule has 110 valence electrons. The zero-order valence-electron chi connectivity index (χ0n) is 12.5. The fourth-order valence-corrected chi connectivity index (χ4v) is 2.45. The van der Waals surface area contributed by atoms with E-state index in [0.717, 1.165) is 16.8 Å². The van der Waals surface area contributed by atoms with Crippen molar-refractivity contribution in [3.63, 3.8) is 0 Å². The van der Waals surface area contributed by atoms with E-state index in [1.807, 2.05) is 56.3 Å². The van der Waals surface area contributed by atoms with Gasteiger partial charge in [0.25, 0.3) is 11.8 Å². The number of rotatable bonds is 3. The Morgan fingerprint density at radius 3 is 2.27 bits per heavy atom. The van der Waals surface area contributed by atoms with Gasteiger partial charge >= 0.3 is 0 Å². The molecule has 2 aromatic carbocycles. The monoisotopic (exact) mass is 292 g/mol. The number of carbonyl (C=O) groups excluding carboxylic acids is 2. The zero-order valence-corrected chi connectivity index (χ0v) is 12.5. The highest BCUT2D eigenvalue weighted by Gasteiger charge is 2.32. The Labute approximate surface area is 129 Å². The first-order chi connectivity index (χ1) is 10.5. The van der Waals surface area contributed by atoms with Crippen LogP contribution in [0.15, 0.2) is 60.3 Å². The number of anilines is 2. The lowest BCUT2D eigenvalue weighted by atomic mass is 10.2. The van der Waals surface area contributed by atoms with Crippen LogP contribution in [0.2, 0.25) is 0 Å². The normalized spacial score (nSPS) is 14.3. The number of nitrogens with one attached hydrogen (secondary N) is 1. The fraction of sp³-hybridized carbons (Fsp3) is 0.111. The summed E-state index contributed by atoms with van der Waals surface area (Å²) < 4.78 is 0. The first-order valence-corrected chi connectivity index (χ1v) is 7.05. The smallest absolute Gasteiger partial charge is 0.281 e. The number of aryl methyl sites for hydroxylation is 2. The van der Waals surface area contributed by atoms with Crippen molar-refractivity contribution >= 4 is 23.2 Å². The van der Waals surface area contributed by atoms with Crippen molar-refractivity contribution in [1.82, 2.24) is 0 Å². The van der Waals surface area contributed by atoms with Crippen molar-refractivity contribution in [2.24, 2.45) is 0 Å². The number of hydrogen-bond donors (Lipinski definition) is 1. The Bertz CT molecular complexity index is 793. The van der Waals surface area contributed by atoms with Crippen LogP contribution in [0.5, 0.6) is 0 Å². The molecule has 2 amide bonds. The van der Waals surface area contributed by atoms with E-state index in [-0.39, 0.29) is 17.5 Å². The molecule has 0 fully saturated rings. The van der Waals surface area contributed by atoms with Gasteiger partial charge in [0.15, 0.2) is 0 Å². The summed E-state index contributed by atoms with van der Waals surface area (Å²) >= 11 is 0. The van der Waals surface area contributed by atoms with Gasteiger partial charge in [0.2, 0.25) is 0 Å². The van der Waals surface area contributed by atoms with Crippen LogP contribution in [-0.2, 0) is 9.59 Å². The van der Waals surface area contributed by atoms with E-state index in [9.17, 15) is 9.59 Å². The third-order valence-corrected chi connectivity index (χ3v) is 3.48. The third-order valence-electron chi connectivity index (χ3n) is 3.48. The molecule has 0 unspecified atom stereocenters. The van der Waals surface area contributed by atoms with Gasteiger partial charge in [0, 0.05) is 11.8 Å². The van der Waals surface area contributed by atoms with Crippen LogP contribution < -0.4 is 10.2 Å². The molecule has 0 spiro atoms. The summed E-state index contributed by atoms with van der Waals surface area (Å²) in [7, 11) is 0. The fourth-order valence-electron chi connectivity index (χ4n) is 2.45. The van der Waals surface area contributed by atoms with Gasteiger partial charge in [-0.1, -0.05) is 24.3 Å². The molecular formula is C18H16N2O2. The quantitative estimate of drug-likeness (QED) is 0.884. The number of benzene rings is 2. The number of nitrogens with zero attached hydrogens (tertiary/aromatic N) is 1. The lowest BCUT2D eigenvalue weighted by molar-refractivity contribution is -0.120. The summed E-state index contributed by atoms with van der Waals surface area (Å²) in [5, 5.41) is 3.03. The van der Waals surface area contributed by atoms with Crippen molar-refractivity contribution < 1.29 is 9.59 Å². The SMILES string of the molecule is Cc1cccc(NC2=CC(=O)N(c3cccc(C)c3)C2=O)c1. The maximum atomic E-state index is 12.5. The maximum absolute atomic E-state index is 12.5. The van der Waals surface area contributed by atoms with E-state index in [1.54, 1.807) is 6.07 Å². The summed E-state index contributed by atoms with van der Waals surface area (Å²) in [6, 6.07) is 15.0. The van der Waals surface area contributed by atoms with Gasteiger partial charge < -0.3 is 5.32 Å². The van der Waals surface area contributed by atoms with E-state index in [1.165, 1.54) is 11.0 Å². The molecular weight excluding hydrogens is 276 g/mol. The van der Waals surface area contributed by atoms with E-state index < -0.39 is 0 Å². The van der Waals surface area contributed by atoms with Gasteiger partial charge in [0.1, 0.15) is 5.70 Å². The van der Waals surface area contributed by atoms with Crippen molar-refractivity contribution in [2.75, 3.05) is 10.2 Å². The molecule has 0 bridgehead atoms. The molecule has 1 heterocycles. The summed E-state index contributed by atoms with van der Waals surface area (Å²) in [4.78, 5) is 25.8. The van der Waals surface area contributed by atoms with Gasteiger partial charge in [-0.05, 0) is 49.2 Å². The Hall–Kier alpha value is -2.88. The lowest BCUT2D eigenvalue weighted by Crippen LogP contribution is -2.31. The van der Waals surface area contributed by atoms with E-state index >= 15 is 0 Å². The molecule has 1 aliphatic rings. The van der Waals surface area contributed by atoms with Gasteiger partial charge in [-0.3, -0.25) is 9.59 Å². The topological polar surface area (TPSA) is 49.4 Å². The van der Waals surface area contributed by atoms with Crippen LogP contribution in [0.25, 0.3) is 0 Å². The van der Waals surface area contributed by atoms with Crippen LogP contribution >= 0.6 is 0 Å². The average molecular weight is 292 g/mol. The maximum Gasteiger partial charge on any atom is 0.281 e. The third kappa shape index (κ3) is 2.63. The Morgan fingerprint density at radius 1 is 0.909 bits per heavy atom. The average Bonchev–Trinajstić information content (AvgIpc) is 2.73. The molecule has 4 nitrogen and oxygen atoms in total.